The smallest absolute Gasteiger partial charge is 0.243 e. The van der Waals surface area contributed by atoms with Gasteiger partial charge in [-0.1, -0.05) is 47.5 Å². The third-order valence-corrected chi connectivity index (χ3v) is 4.08. The Balaban J connectivity index is 0.00000338. The van der Waals surface area contributed by atoms with E-state index in [1.807, 2.05) is 64.1 Å². The Morgan fingerprint density at radius 3 is 2.04 bits per heavy atom. The molecule has 0 heterocycles. The van der Waals surface area contributed by atoms with Crippen LogP contribution in [0.5, 0.6) is 0 Å². The summed E-state index contributed by atoms with van der Waals surface area (Å²) in [5.41, 5.74) is 11.7. The van der Waals surface area contributed by atoms with Crippen LogP contribution >= 0.6 is 12.4 Å². The van der Waals surface area contributed by atoms with Crippen LogP contribution in [-0.4, -0.2) is 18.4 Å². The Labute approximate surface area is 160 Å². The first-order chi connectivity index (χ1) is 11.8. The summed E-state index contributed by atoms with van der Waals surface area (Å²) in [6, 6.07) is 10.7. The molecule has 6 heteroatoms. The van der Waals surface area contributed by atoms with Crippen LogP contribution in [0.25, 0.3) is 0 Å². The van der Waals surface area contributed by atoms with Gasteiger partial charge in [0.1, 0.15) is 6.04 Å². The minimum Gasteiger partial charge on any atom is -0.345 e. The molecule has 2 rings (SSSR count). The first-order valence-electron chi connectivity index (χ1n) is 8.25. The number of anilines is 1. The van der Waals surface area contributed by atoms with Gasteiger partial charge < -0.3 is 16.4 Å². The van der Waals surface area contributed by atoms with Crippen LogP contribution in [0.2, 0.25) is 0 Å². The number of hydrogen-bond acceptors (Lipinski definition) is 3. The molecule has 1 atom stereocenters. The lowest BCUT2D eigenvalue weighted by Crippen LogP contribution is -2.39. The quantitative estimate of drug-likeness (QED) is 0.750. The van der Waals surface area contributed by atoms with Crippen molar-refractivity contribution in [3.05, 3.63) is 64.2 Å². The predicted molar refractivity (Wildman–Crippen MR) is 108 cm³/mol. The number of carbonyl (C=O) groups is 2. The Morgan fingerprint density at radius 2 is 1.50 bits per heavy atom. The largest absolute Gasteiger partial charge is 0.345 e. The SMILES string of the molecule is Cc1ccc(C(N)C(=O)NCC(=O)Nc2c(C)cc(C)cc2C)cc1.Cl. The maximum Gasteiger partial charge on any atom is 0.243 e. The summed E-state index contributed by atoms with van der Waals surface area (Å²) in [6.45, 7) is 7.75. The molecule has 0 aliphatic heterocycles. The number of hydrogen-bond donors (Lipinski definition) is 3. The van der Waals surface area contributed by atoms with Crippen LogP contribution in [0.4, 0.5) is 5.69 Å². The van der Waals surface area contributed by atoms with Gasteiger partial charge in [0.05, 0.1) is 6.54 Å². The van der Waals surface area contributed by atoms with E-state index in [9.17, 15) is 9.59 Å². The van der Waals surface area contributed by atoms with E-state index in [1.54, 1.807) is 0 Å². The number of nitrogens with two attached hydrogens (primary N) is 1. The molecule has 0 aliphatic rings. The Bertz CT molecular complexity index is 765. The Kier molecular flexibility index (Phi) is 7.80. The third-order valence-electron chi connectivity index (χ3n) is 4.08. The van der Waals surface area contributed by atoms with Crippen molar-refractivity contribution < 1.29 is 9.59 Å². The van der Waals surface area contributed by atoms with Crippen molar-refractivity contribution in [2.45, 2.75) is 33.7 Å². The van der Waals surface area contributed by atoms with Gasteiger partial charge in [-0.25, -0.2) is 0 Å². The molecule has 0 fully saturated rings. The maximum absolute atomic E-state index is 12.1. The fraction of sp³-hybridized carbons (Fsp3) is 0.300. The number of benzene rings is 2. The van der Waals surface area contributed by atoms with Gasteiger partial charge in [0, 0.05) is 5.69 Å². The highest BCUT2D eigenvalue weighted by Crippen LogP contribution is 2.21. The van der Waals surface area contributed by atoms with Crippen molar-refractivity contribution >= 4 is 29.9 Å². The molecule has 4 N–H and O–H groups in total. The van der Waals surface area contributed by atoms with Crippen molar-refractivity contribution in [3.63, 3.8) is 0 Å². The molecule has 0 spiro atoms. The van der Waals surface area contributed by atoms with Crippen molar-refractivity contribution in [1.29, 1.82) is 0 Å². The highest BCUT2D eigenvalue weighted by atomic mass is 35.5. The van der Waals surface area contributed by atoms with Crippen LogP contribution in [-0.2, 0) is 9.59 Å². The first-order valence-corrected chi connectivity index (χ1v) is 8.25. The number of halogens is 1. The van der Waals surface area contributed by atoms with Gasteiger partial charge in [-0.15, -0.1) is 12.4 Å². The molecule has 2 aromatic carbocycles. The summed E-state index contributed by atoms with van der Waals surface area (Å²) in [7, 11) is 0. The van der Waals surface area contributed by atoms with E-state index in [0.29, 0.717) is 5.56 Å². The standard InChI is InChI=1S/C20H25N3O2.ClH/c1-12-5-7-16(8-6-12)18(21)20(25)22-11-17(24)23-19-14(3)9-13(2)10-15(19)4;/h5-10,18H,11,21H2,1-4H3,(H,22,25)(H,23,24);1H. The lowest BCUT2D eigenvalue weighted by atomic mass is 10.0. The highest BCUT2D eigenvalue weighted by Gasteiger charge is 2.17. The monoisotopic (exact) mass is 375 g/mol. The second-order valence-electron chi connectivity index (χ2n) is 6.43. The number of rotatable bonds is 5. The molecule has 26 heavy (non-hydrogen) atoms. The van der Waals surface area contributed by atoms with Crippen LogP contribution in [0, 0.1) is 27.7 Å². The van der Waals surface area contributed by atoms with E-state index in [2.05, 4.69) is 10.6 Å². The van der Waals surface area contributed by atoms with Crippen molar-refractivity contribution in [3.8, 4) is 0 Å². The third kappa shape index (κ3) is 5.58. The molecule has 0 bridgehead atoms. The second kappa shape index (κ2) is 9.36. The Hall–Kier alpha value is -2.37. The van der Waals surface area contributed by atoms with E-state index in [4.69, 9.17) is 5.73 Å². The zero-order valence-electron chi connectivity index (χ0n) is 15.6. The zero-order valence-corrected chi connectivity index (χ0v) is 16.4. The molecule has 2 aromatic rings. The van der Waals surface area contributed by atoms with Gasteiger partial charge >= 0.3 is 0 Å². The topological polar surface area (TPSA) is 84.2 Å². The van der Waals surface area contributed by atoms with E-state index in [0.717, 1.165) is 27.9 Å². The summed E-state index contributed by atoms with van der Waals surface area (Å²) < 4.78 is 0. The van der Waals surface area contributed by atoms with Crippen molar-refractivity contribution in [1.82, 2.24) is 5.32 Å². The van der Waals surface area contributed by atoms with Crippen LogP contribution in [0.15, 0.2) is 36.4 Å². The van der Waals surface area contributed by atoms with E-state index >= 15 is 0 Å². The molecular formula is C20H26ClN3O2. The predicted octanol–water partition coefficient (Wildman–Crippen LogP) is 3.10. The lowest BCUT2D eigenvalue weighted by Gasteiger charge is -2.15. The fourth-order valence-electron chi connectivity index (χ4n) is 2.76. The van der Waals surface area contributed by atoms with Crippen LogP contribution < -0.4 is 16.4 Å². The van der Waals surface area contributed by atoms with Gasteiger partial charge in [0.25, 0.3) is 0 Å². The van der Waals surface area contributed by atoms with Gasteiger partial charge in [-0.3, -0.25) is 9.59 Å². The minimum absolute atomic E-state index is 0. The minimum atomic E-state index is -0.795. The summed E-state index contributed by atoms with van der Waals surface area (Å²) >= 11 is 0. The number of amides is 2. The molecule has 2 amide bonds. The molecule has 0 saturated carbocycles. The highest BCUT2D eigenvalue weighted by molar-refractivity contribution is 5.96. The van der Waals surface area contributed by atoms with E-state index in [1.165, 1.54) is 0 Å². The van der Waals surface area contributed by atoms with Crippen molar-refractivity contribution in [2.75, 3.05) is 11.9 Å². The molecule has 0 aliphatic carbocycles. The van der Waals surface area contributed by atoms with Gasteiger partial charge in [0.2, 0.25) is 11.8 Å². The van der Waals surface area contributed by atoms with Crippen LogP contribution in [0.1, 0.15) is 33.9 Å². The molecule has 0 radical (unpaired) electrons. The number of carbonyl (C=O) groups excluding carboxylic acids is 2. The zero-order chi connectivity index (χ0) is 18.6. The summed E-state index contributed by atoms with van der Waals surface area (Å²) in [6.07, 6.45) is 0. The van der Waals surface area contributed by atoms with E-state index in [-0.39, 0.29) is 30.8 Å². The number of aryl methyl sites for hydroxylation is 4. The first kappa shape index (κ1) is 21.7. The maximum atomic E-state index is 12.1. The average molecular weight is 376 g/mol. The normalized spacial score (nSPS) is 11.3. The summed E-state index contributed by atoms with van der Waals surface area (Å²) in [5.74, 6) is -0.657. The van der Waals surface area contributed by atoms with Crippen LogP contribution in [0.3, 0.4) is 0 Å². The molecule has 0 aromatic heterocycles. The van der Waals surface area contributed by atoms with Gasteiger partial charge in [0.15, 0.2) is 0 Å². The van der Waals surface area contributed by atoms with Gasteiger partial charge in [-0.2, -0.15) is 0 Å². The van der Waals surface area contributed by atoms with Gasteiger partial charge in [-0.05, 0) is 44.4 Å². The summed E-state index contributed by atoms with van der Waals surface area (Å²) in [5, 5.41) is 5.44. The molecular weight excluding hydrogens is 350 g/mol. The summed E-state index contributed by atoms with van der Waals surface area (Å²) in [4.78, 5) is 24.3. The molecule has 5 nitrogen and oxygen atoms in total. The molecule has 140 valence electrons. The Morgan fingerprint density at radius 1 is 0.962 bits per heavy atom. The molecule has 1 unspecified atom stereocenters. The second-order valence-corrected chi connectivity index (χ2v) is 6.43. The lowest BCUT2D eigenvalue weighted by molar-refractivity contribution is -0.125. The average Bonchev–Trinajstić information content (AvgIpc) is 2.56. The van der Waals surface area contributed by atoms with Crippen molar-refractivity contribution in [2.24, 2.45) is 5.73 Å². The molecule has 0 saturated heterocycles. The number of nitrogens with one attached hydrogen (secondary N) is 2. The van der Waals surface area contributed by atoms with E-state index < -0.39 is 6.04 Å². The fourth-order valence-corrected chi connectivity index (χ4v) is 2.76.